The summed E-state index contributed by atoms with van der Waals surface area (Å²) in [6.45, 7) is 1.77. The molecule has 34 heavy (non-hydrogen) atoms. The number of hydrogen-bond donors (Lipinski definition) is 1. The number of methoxy groups -OCH3 is 2. The van der Waals surface area contributed by atoms with Crippen LogP contribution in [0.4, 0.5) is 10.1 Å². The Kier molecular flexibility index (Phi) is 6.30. The lowest BCUT2D eigenvalue weighted by Gasteiger charge is -2.25. The summed E-state index contributed by atoms with van der Waals surface area (Å²) in [7, 11) is 2.90. The van der Waals surface area contributed by atoms with Gasteiger partial charge in [0.15, 0.2) is 0 Å². The van der Waals surface area contributed by atoms with Crippen molar-refractivity contribution in [1.29, 1.82) is 0 Å². The molecule has 1 aliphatic heterocycles. The van der Waals surface area contributed by atoms with E-state index in [-0.39, 0.29) is 27.6 Å². The van der Waals surface area contributed by atoms with Crippen molar-refractivity contribution in [3.05, 3.63) is 93.8 Å². The summed E-state index contributed by atoms with van der Waals surface area (Å²) in [5.41, 5.74) is 1.41. The Balaban J connectivity index is 2.00. The van der Waals surface area contributed by atoms with E-state index < -0.39 is 29.3 Å². The quantitative estimate of drug-likeness (QED) is 0.299. The van der Waals surface area contributed by atoms with Crippen LogP contribution in [0.2, 0.25) is 5.02 Å². The fourth-order valence-electron chi connectivity index (χ4n) is 4.08. The maximum absolute atomic E-state index is 14.0. The van der Waals surface area contributed by atoms with Gasteiger partial charge >= 0.3 is 0 Å². The first-order chi connectivity index (χ1) is 16.3. The molecule has 174 valence electrons. The van der Waals surface area contributed by atoms with Crippen molar-refractivity contribution in [1.82, 2.24) is 0 Å². The topological polar surface area (TPSA) is 76.1 Å². The predicted octanol–water partition coefficient (Wildman–Crippen LogP) is 5.43. The molecule has 1 unspecified atom stereocenters. The highest BCUT2D eigenvalue weighted by Crippen LogP contribution is 2.44. The number of benzene rings is 3. The van der Waals surface area contributed by atoms with Gasteiger partial charge in [-0.3, -0.25) is 14.5 Å². The number of carbonyl (C=O) groups is 2. The van der Waals surface area contributed by atoms with Crippen LogP contribution in [-0.2, 0) is 9.59 Å². The standard InChI is InChI=1S/C26H21ClFNO5/c1-14-11-19(25(34-3)20(27)12-14)23(30)21-22(15-7-9-18(33-2)10-8-15)29(26(32)24(21)31)17-6-4-5-16(28)13-17/h4-13,22,30H,1-3H3/b23-21+. The van der Waals surface area contributed by atoms with E-state index in [1.165, 1.54) is 37.3 Å². The molecule has 1 N–H and O–H groups in total. The molecule has 0 saturated carbocycles. The minimum absolute atomic E-state index is 0.162. The van der Waals surface area contributed by atoms with Gasteiger partial charge in [-0.05, 0) is 60.5 Å². The van der Waals surface area contributed by atoms with E-state index in [0.717, 1.165) is 6.07 Å². The van der Waals surface area contributed by atoms with Gasteiger partial charge in [0.25, 0.3) is 11.7 Å². The van der Waals surface area contributed by atoms with Gasteiger partial charge < -0.3 is 14.6 Å². The molecule has 0 radical (unpaired) electrons. The summed E-state index contributed by atoms with van der Waals surface area (Å²) < 4.78 is 24.6. The number of Topliss-reactive ketones (excluding diaryl/α,β-unsaturated/α-hetero) is 1. The lowest BCUT2D eigenvalue weighted by molar-refractivity contribution is -0.132. The number of aliphatic hydroxyl groups is 1. The highest BCUT2D eigenvalue weighted by Gasteiger charge is 2.47. The number of rotatable bonds is 5. The van der Waals surface area contributed by atoms with Crippen molar-refractivity contribution < 1.29 is 28.6 Å². The highest BCUT2D eigenvalue weighted by molar-refractivity contribution is 6.51. The third kappa shape index (κ3) is 3.99. The molecule has 1 fully saturated rings. The monoisotopic (exact) mass is 481 g/mol. The number of nitrogens with zero attached hydrogens (tertiary/aromatic N) is 1. The van der Waals surface area contributed by atoms with E-state index >= 15 is 0 Å². The zero-order valence-corrected chi connectivity index (χ0v) is 19.4. The molecule has 8 heteroatoms. The number of anilines is 1. The van der Waals surface area contributed by atoms with Crippen LogP contribution < -0.4 is 14.4 Å². The Morgan fingerprint density at radius 1 is 1.03 bits per heavy atom. The summed E-state index contributed by atoms with van der Waals surface area (Å²) in [5.74, 6) is -2.10. The minimum atomic E-state index is -1.03. The SMILES string of the molecule is COc1ccc(C2/C(=C(\O)c3cc(C)cc(Cl)c3OC)C(=O)C(=O)N2c2cccc(F)c2)cc1. The Labute approximate surface area is 200 Å². The third-order valence-corrected chi connectivity index (χ3v) is 5.89. The average molecular weight is 482 g/mol. The summed E-state index contributed by atoms with van der Waals surface area (Å²) in [6.07, 6.45) is 0. The first-order valence-corrected chi connectivity index (χ1v) is 10.7. The molecular formula is C26H21ClFNO5. The van der Waals surface area contributed by atoms with Crippen LogP contribution in [0.15, 0.2) is 66.2 Å². The van der Waals surface area contributed by atoms with Gasteiger partial charge in [-0.2, -0.15) is 0 Å². The van der Waals surface area contributed by atoms with Gasteiger partial charge in [0.1, 0.15) is 23.1 Å². The molecule has 6 nitrogen and oxygen atoms in total. The minimum Gasteiger partial charge on any atom is -0.507 e. The van der Waals surface area contributed by atoms with E-state index in [4.69, 9.17) is 21.1 Å². The van der Waals surface area contributed by atoms with Crippen LogP contribution in [-0.4, -0.2) is 31.0 Å². The molecule has 4 rings (SSSR count). The molecule has 1 heterocycles. The molecule has 0 aliphatic carbocycles. The number of aliphatic hydroxyl groups excluding tert-OH is 1. The van der Waals surface area contributed by atoms with Crippen LogP contribution in [0.3, 0.4) is 0 Å². The lowest BCUT2D eigenvalue weighted by atomic mass is 9.94. The molecule has 0 spiro atoms. The van der Waals surface area contributed by atoms with Crippen molar-refractivity contribution >= 4 is 34.7 Å². The summed E-state index contributed by atoms with van der Waals surface area (Å²) in [5, 5.41) is 11.6. The number of carbonyl (C=O) groups excluding carboxylic acids is 2. The first kappa shape index (κ1) is 23.3. The number of ether oxygens (including phenoxy) is 2. The van der Waals surface area contributed by atoms with E-state index in [1.54, 1.807) is 43.3 Å². The smallest absolute Gasteiger partial charge is 0.300 e. The average Bonchev–Trinajstić information content (AvgIpc) is 3.08. The molecule has 1 amide bonds. The van der Waals surface area contributed by atoms with Crippen LogP contribution in [0, 0.1) is 12.7 Å². The first-order valence-electron chi connectivity index (χ1n) is 10.3. The largest absolute Gasteiger partial charge is 0.507 e. The molecule has 1 atom stereocenters. The summed E-state index contributed by atoms with van der Waals surface area (Å²) in [6, 6.07) is 14.3. The van der Waals surface area contributed by atoms with Gasteiger partial charge in [-0.15, -0.1) is 0 Å². The van der Waals surface area contributed by atoms with Crippen molar-refractivity contribution in [3.8, 4) is 11.5 Å². The molecule has 0 aromatic heterocycles. The summed E-state index contributed by atoms with van der Waals surface area (Å²) in [4.78, 5) is 27.6. The van der Waals surface area contributed by atoms with Crippen LogP contribution in [0.1, 0.15) is 22.7 Å². The highest BCUT2D eigenvalue weighted by atomic mass is 35.5. The fraction of sp³-hybridized carbons (Fsp3) is 0.154. The molecular weight excluding hydrogens is 461 g/mol. The number of halogens is 2. The molecule has 1 saturated heterocycles. The van der Waals surface area contributed by atoms with Gasteiger partial charge in [0.05, 0.1) is 36.4 Å². The summed E-state index contributed by atoms with van der Waals surface area (Å²) >= 11 is 6.30. The zero-order valence-electron chi connectivity index (χ0n) is 18.6. The second kappa shape index (κ2) is 9.19. The lowest BCUT2D eigenvalue weighted by Crippen LogP contribution is -2.29. The molecule has 3 aromatic carbocycles. The Morgan fingerprint density at radius 2 is 1.74 bits per heavy atom. The normalized spacial score (nSPS) is 17.2. The van der Waals surface area contributed by atoms with E-state index in [1.807, 2.05) is 0 Å². The number of amides is 1. The van der Waals surface area contributed by atoms with Crippen molar-refractivity contribution in [2.24, 2.45) is 0 Å². The Hall–Kier alpha value is -3.84. The number of hydrogen-bond acceptors (Lipinski definition) is 5. The van der Waals surface area contributed by atoms with E-state index in [9.17, 15) is 19.1 Å². The van der Waals surface area contributed by atoms with E-state index in [0.29, 0.717) is 16.9 Å². The van der Waals surface area contributed by atoms with Gasteiger partial charge in [0.2, 0.25) is 0 Å². The maximum atomic E-state index is 14.0. The van der Waals surface area contributed by atoms with Crippen molar-refractivity contribution in [3.63, 3.8) is 0 Å². The Bertz CT molecular complexity index is 1320. The predicted molar refractivity (Wildman–Crippen MR) is 127 cm³/mol. The van der Waals surface area contributed by atoms with Gasteiger partial charge in [-0.1, -0.05) is 29.8 Å². The zero-order chi connectivity index (χ0) is 24.6. The number of aryl methyl sites for hydroxylation is 1. The van der Waals surface area contributed by atoms with Crippen molar-refractivity contribution in [2.45, 2.75) is 13.0 Å². The van der Waals surface area contributed by atoms with Gasteiger partial charge in [0, 0.05) is 5.69 Å². The van der Waals surface area contributed by atoms with Gasteiger partial charge in [-0.25, -0.2) is 4.39 Å². The Morgan fingerprint density at radius 3 is 2.35 bits per heavy atom. The second-order valence-electron chi connectivity index (χ2n) is 7.75. The number of ketones is 1. The fourth-order valence-corrected chi connectivity index (χ4v) is 4.43. The van der Waals surface area contributed by atoms with Crippen LogP contribution in [0.5, 0.6) is 11.5 Å². The van der Waals surface area contributed by atoms with E-state index in [2.05, 4.69) is 0 Å². The molecule has 1 aliphatic rings. The second-order valence-corrected chi connectivity index (χ2v) is 8.16. The molecule has 3 aromatic rings. The maximum Gasteiger partial charge on any atom is 0.300 e. The molecule has 0 bridgehead atoms. The van der Waals surface area contributed by atoms with Crippen LogP contribution in [0.25, 0.3) is 5.76 Å². The van der Waals surface area contributed by atoms with Crippen LogP contribution >= 0.6 is 11.6 Å². The third-order valence-electron chi connectivity index (χ3n) is 5.61. The van der Waals surface area contributed by atoms with Crippen molar-refractivity contribution in [2.75, 3.05) is 19.1 Å².